The maximum absolute atomic E-state index is 11.9. The lowest BCUT2D eigenvalue weighted by atomic mass is 9.84. The van der Waals surface area contributed by atoms with E-state index in [2.05, 4.69) is 10.0 Å². The van der Waals surface area contributed by atoms with Gasteiger partial charge in [-0.2, -0.15) is 0 Å². The average Bonchev–Trinajstić information content (AvgIpc) is 2.84. The summed E-state index contributed by atoms with van der Waals surface area (Å²) in [5.74, 6) is -1.10. The van der Waals surface area contributed by atoms with Crippen molar-refractivity contribution in [3.05, 3.63) is 0 Å². The number of hydrogen-bond acceptors (Lipinski definition) is 4. The minimum absolute atomic E-state index is 0.00922. The molecule has 8 nitrogen and oxygen atoms in total. The van der Waals surface area contributed by atoms with Gasteiger partial charge in [-0.15, -0.1) is 0 Å². The number of sulfonamides is 1. The zero-order chi connectivity index (χ0) is 15.4. The van der Waals surface area contributed by atoms with Gasteiger partial charge in [-0.3, -0.25) is 4.79 Å². The highest BCUT2D eigenvalue weighted by Crippen LogP contribution is 2.34. The summed E-state index contributed by atoms with van der Waals surface area (Å²) >= 11 is 0. The van der Waals surface area contributed by atoms with Crippen LogP contribution in [-0.2, 0) is 14.8 Å². The van der Waals surface area contributed by atoms with Crippen molar-refractivity contribution in [1.29, 1.82) is 0 Å². The van der Waals surface area contributed by atoms with Gasteiger partial charge in [0.05, 0.1) is 11.2 Å². The van der Waals surface area contributed by atoms with Gasteiger partial charge in [-0.1, -0.05) is 6.92 Å². The lowest BCUT2D eigenvalue weighted by molar-refractivity contribution is -0.148. The number of hydrogen-bond donors (Lipinski definition) is 3. The van der Waals surface area contributed by atoms with E-state index in [0.717, 1.165) is 0 Å². The highest BCUT2D eigenvalue weighted by molar-refractivity contribution is 7.89. The molecule has 0 aromatic heterocycles. The summed E-state index contributed by atoms with van der Waals surface area (Å²) in [5, 5.41) is 11.7. The lowest BCUT2D eigenvalue weighted by Gasteiger charge is -2.23. The van der Waals surface area contributed by atoms with E-state index in [1.54, 1.807) is 6.92 Å². The molecule has 20 heavy (non-hydrogen) atoms. The van der Waals surface area contributed by atoms with Gasteiger partial charge in [0.15, 0.2) is 0 Å². The summed E-state index contributed by atoms with van der Waals surface area (Å²) in [4.78, 5) is 24.5. The third kappa shape index (κ3) is 3.83. The van der Waals surface area contributed by atoms with Gasteiger partial charge in [-0.05, 0) is 19.9 Å². The summed E-state index contributed by atoms with van der Waals surface area (Å²) in [5.41, 5.74) is -0.881. The first kappa shape index (κ1) is 16.7. The van der Waals surface area contributed by atoms with Gasteiger partial charge in [0.1, 0.15) is 0 Å². The number of carbonyl (C=O) groups is 2. The fourth-order valence-corrected chi connectivity index (χ4v) is 2.74. The first-order valence-electron chi connectivity index (χ1n) is 6.44. The Kier molecular flexibility index (Phi) is 5.35. The van der Waals surface area contributed by atoms with E-state index in [0.29, 0.717) is 19.4 Å². The van der Waals surface area contributed by atoms with Gasteiger partial charge in [0.25, 0.3) is 0 Å². The second-order valence-electron chi connectivity index (χ2n) is 4.87. The molecule has 0 aromatic rings. The zero-order valence-corrected chi connectivity index (χ0v) is 12.5. The van der Waals surface area contributed by atoms with Crippen molar-refractivity contribution in [3.8, 4) is 0 Å². The van der Waals surface area contributed by atoms with Crippen LogP contribution in [0.25, 0.3) is 0 Å². The largest absolute Gasteiger partial charge is 0.481 e. The molecule has 1 unspecified atom stereocenters. The molecule has 1 heterocycles. The SMILES string of the molecule is CCC1(C(=O)O)CCN(C(=O)NCCS(=O)(=O)NC)C1. The molecule has 0 spiro atoms. The normalized spacial score (nSPS) is 22.8. The summed E-state index contributed by atoms with van der Waals surface area (Å²) in [6.45, 7) is 2.30. The standard InChI is InChI=1S/C11H21N3O5S/c1-3-11(9(15)16)4-6-14(8-11)10(17)13-5-7-20(18,19)12-2/h12H,3-8H2,1-2H3,(H,13,17)(H,15,16). The molecule has 0 bridgehead atoms. The van der Waals surface area contributed by atoms with Crippen LogP contribution < -0.4 is 10.0 Å². The fourth-order valence-electron chi connectivity index (χ4n) is 2.17. The molecule has 0 radical (unpaired) electrons. The zero-order valence-electron chi connectivity index (χ0n) is 11.7. The molecule has 0 aliphatic carbocycles. The van der Waals surface area contributed by atoms with Crippen LogP contribution in [0.2, 0.25) is 0 Å². The number of nitrogens with one attached hydrogen (secondary N) is 2. The molecule has 1 saturated heterocycles. The Balaban J connectivity index is 2.49. The highest BCUT2D eigenvalue weighted by Gasteiger charge is 2.44. The Hall–Kier alpha value is -1.35. The molecule has 3 N–H and O–H groups in total. The van der Waals surface area contributed by atoms with Crippen LogP contribution in [-0.4, -0.2) is 62.9 Å². The van der Waals surface area contributed by atoms with Crippen LogP contribution >= 0.6 is 0 Å². The number of nitrogens with zero attached hydrogens (tertiary/aromatic N) is 1. The van der Waals surface area contributed by atoms with E-state index in [4.69, 9.17) is 0 Å². The van der Waals surface area contributed by atoms with E-state index in [1.165, 1.54) is 11.9 Å². The molecule has 1 aliphatic rings. The van der Waals surface area contributed by atoms with Crippen LogP contribution in [0.4, 0.5) is 4.79 Å². The second kappa shape index (κ2) is 6.40. The number of carboxylic acid groups (broad SMARTS) is 1. The number of rotatable bonds is 6. The van der Waals surface area contributed by atoms with E-state index >= 15 is 0 Å². The van der Waals surface area contributed by atoms with Gasteiger partial charge in [0, 0.05) is 19.6 Å². The summed E-state index contributed by atoms with van der Waals surface area (Å²) in [7, 11) is -2.05. The maximum Gasteiger partial charge on any atom is 0.317 e. The summed E-state index contributed by atoms with van der Waals surface area (Å²) in [6, 6.07) is -0.423. The predicted molar refractivity (Wildman–Crippen MR) is 72.8 cm³/mol. The highest BCUT2D eigenvalue weighted by atomic mass is 32.2. The van der Waals surface area contributed by atoms with Crippen molar-refractivity contribution in [2.45, 2.75) is 19.8 Å². The molecule has 0 aromatic carbocycles. The fraction of sp³-hybridized carbons (Fsp3) is 0.818. The van der Waals surface area contributed by atoms with E-state index in [1.807, 2.05) is 0 Å². The van der Waals surface area contributed by atoms with E-state index in [-0.39, 0.29) is 18.8 Å². The maximum atomic E-state index is 11.9. The molecule has 1 aliphatic heterocycles. The molecule has 9 heteroatoms. The Morgan fingerprint density at radius 2 is 2.05 bits per heavy atom. The van der Waals surface area contributed by atoms with Crippen molar-refractivity contribution in [3.63, 3.8) is 0 Å². The molecule has 2 amide bonds. The van der Waals surface area contributed by atoms with Gasteiger partial charge in [0.2, 0.25) is 10.0 Å². The van der Waals surface area contributed by atoms with Crippen molar-refractivity contribution in [2.24, 2.45) is 5.41 Å². The topological polar surface area (TPSA) is 116 Å². The molecule has 1 rings (SSSR count). The van der Waals surface area contributed by atoms with Gasteiger partial charge < -0.3 is 15.3 Å². The smallest absolute Gasteiger partial charge is 0.317 e. The van der Waals surface area contributed by atoms with E-state index in [9.17, 15) is 23.1 Å². The number of likely N-dealkylation sites (tertiary alicyclic amines) is 1. The number of carbonyl (C=O) groups excluding carboxylic acids is 1. The second-order valence-corrected chi connectivity index (χ2v) is 6.91. The van der Waals surface area contributed by atoms with Gasteiger partial charge >= 0.3 is 12.0 Å². The Labute approximate surface area is 118 Å². The third-order valence-corrected chi connectivity index (χ3v) is 5.09. The predicted octanol–water partition coefficient (Wildman–Crippen LogP) is -0.568. The van der Waals surface area contributed by atoms with Crippen molar-refractivity contribution in [1.82, 2.24) is 14.9 Å². The molecular weight excluding hydrogens is 286 g/mol. The molecular formula is C11H21N3O5S. The van der Waals surface area contributed by atoms with Crippen molar-refractivity contribution >= 4 is 22.0 Å². The van der Waals surface area contributed by atoms with Crippen LogP contribution in [0.5, 0.6) is 0 Å². The number of aliphatic carboxylic acids is 1. The van der Waals surface area contributed by atoms with E-state index < -0.39 is 27.4 Å². The third-order valence-electron chi connectivity index (χ3n) is 3.73. The van der Waals surface area contributed by atoms with Crippen LogP contribution in [0.15, 0.2) is 0 Å². The summed E-state index contributed by atoms with van der Waals surface area (Å²) in [6.07, 6.45) is 0.876. The quantitative estimate of drug-likeness (QED) is 0.608. The van der Waals surface area contributed by atoms with Crippen LogP contribution in [0.3, 0.4) is 0 Å². The average molecular weight is 307 g/mol. The minimum Gasteiger partial charge on any atom is -0.481 e. The minimum atomic E-state index is -3.36. The number of carboxylic acids is 1. The lowest BCUT2D eigenvalue weighted by Crippen LogP contribution is -2.43. The van der Waals surface area contributed by atoms with Crippen LogP contribution in [0.1, 0.15) is 19.8 Å². The van der Waals surface area contributed by atoms with Crippen molar-refractivity contribution < 1.29 is 23.1 Å². The summed E-state index contributed by atoms with van der Waals surface area (Å²) < 4.78 is 24.5. The molecule has 0 saturated carbocycles. The molecule has 1 atom stereocenters. The first-order valence-corrected chi connectivity index (χ1v) is 8.09. The Morgan fingerprint density at radius 1 is 1.40 bits per heavy atom. The monoisotopic (exact) mass is 307 g/mol. The molecule has 116 valence electrons. The molecule has 1 fully saturated rings. The Morgan fingerprint density at radius 3 is 2.50 bits per heavy atom. The first-order chi connectivity index (χ1) is 9.26. The van der Waals surface area contributed by atoms with Crippen LogP contribution in [0, 0.1) is 5.41 Å². The Bertz CT molecular complexity index is 478. The van der Waals surface area contributed by atoms with Crippen molar-refractivity contribution in [2.75, 3.05) is 32.4 Å². The van der Waals surface area contributed by atoms with Gasteiger partial charge in [-0.25, -0.2) is 17.9 Å². The number of urea groups is 1. The number of amides is 2.